The van der Waals surface area contributed by atoms with Crippen molar-refractivity contribution in [2.24, 2.45) is 0 Å². The Morgan fingerprint density at radius 2 is 1.89 bits per heavy atom. The van der Waals surface area contributed by atoms with Gasteiger partial charge in [-0.2, -0.15) is 0 Å². The number of aromatic nitrogens is 1. The molecule has 0 saturated heterocycles. The third-order valence-electron chi connectivity index (χ3n) is 2.97. The molecule has 0 bridgehead atoms. The quantitative estimate of drug-likeness (QED) is 0.750. The van der Waals surface area contributed by atoms with Gasteiger partial charge in [-0.25, -0.2) is 4.98 Å². The lowest BCUT2D eigenvalue weighted by atomic mass is 10.1. The summed E-state index contributed by atoms with van der Waals surface area (Å²) in [5.41, 5.74) is 1.87. The highest BCUT2D eigenvalue weighted by Gasteiger charge is 2.10. The molecule has 0 saturated carbocycles. The van der Waals surface area contributed by atoms with Gasteiger partial charge in [-0.15, -0.1) is 11.3 Å². The van der Waals surface area contributed by atoms with Crippen molar-refractivity contribution < 1.29 is 5.11 Å². The highest BCUT2D eigenvalue weighted by Crippen LogP contribution is 2.31. The minimum absolute atomic E-state index is 0.509. The van der Waals surface area contributed by atoms with Crippen LogP contribution in [0.1, 0.15) is 18.7 Å². The van der Waals surface area contributed by atoms with E-state index < -0.39 is 6.10 Å². The molecule has 2 aromatic carbocycles. The Hall–Kier alpha value is -1.71. The minimum Gasteiger partial charge on any atom is -0.387 e. The number of benzene rings is 2. The maximum atomic E-state index is 9.54. The van der Waals surface area contributed by atoms with Crippen LogP contribution in [0, 0.1) is 0 Å². The van der Waals surface area contributed by atoms with E-state index in [-0.39, 0.29) is 0 Å². The first-order valence-corrected chi connectivity index (χ1v) is 6.75. The summed E-state index contributed by atoms with van der Waals surface area (Å²) in [6.45, 7) is 1.74. The molecular weight excluding hydrogens is 242 g/mol. The van der Waals surface area contributed by atoms with Crippen molar-refractivity contribution in [1.82, 2.24) is 4.98 Å². The van der Waals surface area contributed by atoms with Crippen molar-refractivity contribution in [3.05, 3.63) is 53.5 Å². The van der Waals surface area contributed by atoms with E-state index in [9.17, 15) is 5.11 Å². The summed E-state index contributed by atoms with van der Waals surface area (Å²) >= 11 is 1.57. The average Bonchev–Trinajstić information content (AvgIpc) is 2.87. The molecule has 1 N–H and O–H groups in total. The predicted octanol–water partition coefficient (Wildman–Crippen LogP) is 4.02. The van der Waals surface area contributed by atoms with Gasteiger partial charge in [0, 0.05) is 10.9 Å². The minimum atomic E-state index is -0.509. The Balaban J connectivity index is 2.18. The van der Waals surface area contributed by atoms with Crippen molar-refractivity contribution in [2.75, 3.05) is 0 Å². The lowest BCUT2D eigenvalue weighted by molar-refractivity contribution is 0.195. The van der Waals surface area contributed by atoms with Crippen LogP contribution in [0.25, 0.3) is 21.3 Å². The summed E-state index contributed by atoms with van der Waals surface area (Å²) in [5.74, 6) is 0. The molecule has 0 amide bonds. The number of nitrogens with zero attached hydrogens (tertiary/aromatic N) is 1. The molecule has 90 valence electrons. The van der Waals surface area contributed by atoms with Gasteiger partial charge in [-0.1, -0.05) is 42.5 Å². The van der Waals surface area contributed by atoms with Gasteiger partial charge in [-0.3, -0.25) is 0 Å². The smallest absolute Gasteiger partial charge is 0.124 e. The maximum absolute atomic E-state index is 9.54. The van der Waals surface area contributed by atoms with Gasteiger partial charge in [-0.05, 0) is 17.7 Å². The van der Waals surface area contributed by atoms with E-state index >= 15 is 0 Å². The molecule has 3 aromatic rings. The summed E-state index contributed by atoms with van der Waals surface area (Å²) < 4.78 is 0. The van der Waals surface area contributed by atoms with Gasteiger partial charge in [0.2, 0.25) is 0 Å². The van der Waals surface area contributed by atoms with Crippen molar-refractivity contribution in [2.45, 2.75) is 13.0 Å². The SMILES string of the molecule is CC(O)c1csc(-c2cccc3ccccc23)n1. The van der Waals surface area contributed by atoms with E-state index in [4.69, 9.17) is 0 Å². The van der Waals surface area contributed by atoms with Gasteiger partial charge in [0.25, 0.3) is 0 Å². The second kappa shape index (κ2) is 4.52. The van der Waals surface area contributed by atoms with Crippen LogP contribution in [-0.2, 0) is 0 Å². The molecule has 1 heterocycles. The van der Waals surface area contributed by atoms with E-state index in [1.807, 2.05) is 23.6 Å². The molecule has 0 radical (unpaired) electrons. The number of thiazole rings is 1. The van der Waals surface area contributed by atoms with Gasteiger partial charge >= 0.3 is 0 Å². The molecule has 2 nitrogen and oxygen atoms in total. The first-order chi connectivity index (χ1) is 8.75. The predicted molar refractivity (Wildman–Crippen MR) is 75.7 cm³/mol. The molecule has 18 heavy (non-hydrogen) atoms. The Morgan fingerprint density at radius 1 is 1.11 bits per heavy atom. The third kappa shape index (κ3) is 1.92. The lowest BCUT2D eigenvalue weighted by Gasteiger charge is -2.03. The monoisotopic (exact) mass is 255 g/mol. The van der Waals surface area contributed by atoms with E-state index in [0.717, 1.165) is 16.3 Å². The number of hydrogen-bond donors (Lipinski definition) is 1. The Morgan fingerprint density at radius 3 is 2.67 bits per heavy atom. The summed E-state index contributed by atoms with van der Waals surface area (Å²) in [6, 6.07) is 14.5. The van der Waals surface area contributed by atoms with E-state index in [1.165, 1.54) is 10.8 Å². The molecule has 0 aliphatic heterocycles. The van der Waals surface area contributed by atoms with Crippen LogP contribution >= 0.6 is 11.3 Å². The Labute approximate surface area is 110 Å². The molecule has 3 heteroatoms. The number of fused-ring (bicyclic) bond motifs is 1. The molecule has 0 aliphatic rings. The molecular formula is C15H13NOS. The van der Waals surface area contributed by atoms with Crippen molar-refractivity contribution in [3.8, 4) is 10.6 Å². The largest absolute Gasteiger partial charge is 0.387 e. The van der Waals surface area contributed by atoms with Crippen LogP contribution in [0.15, 0.2) is 47.8 Å². The highest BCUT2D eigenvalue weighted by atomic mass is 32.1. The van der Waals surface area contributed by atoms with Crippen molar-refractivity contribution in [1.29, 1.82) is 0 Å². The average molecular weight is 255 g/mol. The summed E-state index contributed by atoms with van der Waals surface area (Å²) in [5, 5.41) is 14.8. The standard InChI is InChI=1S/C15H13NOS/c1-10(17)14-9-18-15(16-14)13-8-4-6-11-5-2-3-7-12(11)13/h2-10,17H,1H3. The van der Waals surface area contributed by atoms with E-state index in [2.05, 4.69) is 29.2 Å². The van der Waals surface area contributed by atoms with Gasteiger partial charge < -0.3 is 5.11 Å². The second-order valence-electron chi connectivity index (χ2n) is 4.28. The fourth-order valence-electron chi connectivity index (χ4n) is 2.01. The Kier molecular flexibility index (Phi) is 2.86. The van der Waals surface area contributed by atoms with Gasteiger partial charge in [0.1, 0.15) is 5.01 Å². The van der Waals surface area contributed by atoms with Crippen LogP contribution < -0.4 is 0 Å². The first kappa shape index (κ1) is 11.4. The van der Waals surface area contributed by atoms with Crippen LogP contribution in [0.3, 0.4) is 0 Å². The first-order valence-electron chi connectivity index (χ1n) is 5.87. The highest BCUT2D eigenvalue weighted by molar-refractivity contribution is 7.13. The molecule has 3 rings (SSSR count). The second-order valence-corrected chi connectivity index (χ2v) is 5.14. The third-order valence-corrected chi connectivity index (χ3v) is 3.86. The van der Waals surface area contributed by atoms with Crippen molar-refractivity contribution in [3.63, 3.8) is 0 Å². The molecule has 1 atom stereocenters. The molecule has 0 aliphatic carbocycles. The molecule has 0 spiro atoms. The van der Waals surface area contributed by atoms with Crippen molar-refractivity contribution >= 4 is 22.1 Å². The fourth-order valence-corrected chi connectivity index (χ4v) is 2.96. The summed E-state index contributed by atoms with van der Waals surface area (Å²) in [7, 11) is 0. The summed E-state index contributed by atoms with van der Waals surface area (Å²) in [4.78, 5) is 4.50. The topological polar surface area (TPSA) is 33.1 Å². The number of aliphatic hydroxyl groups is 1. The van der Waals surface area contributed by atoms with Gasteiger partial charge in [0.15, 0.2) is 0 Å². The molecule has 1 aromatic heterocycles. The van der Waals surface area contributed by atoms with Crippen LogP contribution in [0.4, 0.5) is 0 Å². The zero-order valence-electron chi connectivity index (χ0n) is 10.00. The Bertz CT molecular complexity index is 682. The number of rotatable bonds is 2. The van der Waals surface area contributed by atoms with E-state index in [0.29, 0.717) is 0 Å². The normalized spacial score (nSPS) is 12.8. The lowest BCUT2D eigenvalue weighted by Crippen LogP contribution is -1.90. The van der Waals surface area contributed by atoms with E-state index in [1.54, 1.807) is 18.3 Å². The molecule has 0 fully saturated rings. The zero-order valence-corrected chi connectivity index (χ0v) is 10.8. The molecule has 1 unspecified atom stereocenters. The fraction of sp³-hybridized carbons (Fsp3) is 0.133. The van der Waals surface area contributed by atoms with Crippen LogP contribution in [0.5, 0.6) is 0 Å². The van der Waals surface area contributed by atoms with Crippen LogP contribution in [-0.4, -0.2) is 10.1 Å². The number of hydrogen-bond acceptors (Lipinski definition) is 3. The number of aliphatic hydroxyl groups excluding tert-OH is 1. The zero-order chi connectivity index (χ0) is 12.5. The maximum Gasteiger partial charge on any atom is 0.124 e. The van der Waals surface area contributed by atoms with Crippen LogP contribution in [0.2, 0.25) is 0 Å². The van der Waals surface area contributed by atoms with Gasteiger partial charge in [0.05, 0.1) is 11.8 Å². The summed E-state index contributed by atoms with van der Waals surface area (Å²) in [6.07, 6.45) is -0.509.